The third-order valence-corrected chi connectivity index (χ3v) is 4.14. The van der Waals surface area contributed by atoms with Crippen LogP contribution < -0.4 is 4.74 Å². The molecule has 1 aromatic rings. The highest BCUT2D eigenvalue weighted by Crippen LogP contribution is 2.34. The second-order valence-electron chi connectivity index (χ2n) is 6.51. The summed E-state index contributed by atoms with van der Waals surface area (Å²) in [4.78, 5) is 58.1. The fraction of sp³-hybridized carbons (Fsp3) is 0.474. The van der Waals surface area contributed by atoms with Crippen molar-refractivity contribution in [1.29, 1.82) is 0 Å². The lowest BCUT2D eigenvalue weighted by Crippen LogP contribution is -2.64. The molecule has 0 unspecified atom stereocenters. The molecule has 0 amide bonds. The van der Waals surface area contributed by atoms with Crippen molar-refractivity contribution in [2.45, 2.75) is 51.5 Å². The molecule has 1 heterocycles. The molecule has 1 saturated heterocycles. The van der Waals surface area contributed by atoms with Crippen LogP contribution in [-0.2, 0) is 42.9 Å². The molecule has 1 aromatic carbocycles. The number of carbonyl (C=O) groups is 4. The number of carbonyl (C=O) groups excluding carboxylic acids is 4. The van der Waals surface area contributed by atoms with Crippen molar-refractivity contribution in [1.82, 2.24) is 0 Å². The standard InChI is InChI=1S/C19H21NO12/c1-9(21)28-14-15(29-10(2)22)17(30-11(3)23)19(32-16(14)18(24)27-4)31-13-8-6-5-7-12(13)20(25)26/h5-8,14-17,19H,1-4H3/t14-,15-,16-,17+,19+/m1/s1. The van der Waals surface area contributed by atoms with Gasteiger partial charge < -0.3 is 28.4 Å². The number of esters is 4. The molecular formula is C19H21NO12. The van der Waals surface area contributed by atoms with Crippen LogP contribution in [0.2, 0.25) is 0 Å². The van der Waals surface area contributed by atoms with E-state index in [2.05, 4.69) is 4.74 Å². The molecule has 1 fully saturated rings. The highest BCUT2D eigenvalue weighted by Gasteiger charge is 2.56. The highest BCUT2D eigenvalue weighted by atomic mass is 16.7. The molecule has 5 atom stereocenters. The summed E-state index contributed by atoms with van der Waals surface area (Å²) in [5.41, 5.74) is -0.446. The highest BCUT2D eigenvalue weighted by molar-refractivity contribution is 5.77. The van der Waals surface area contributed by atoms with Crippen LogP contribution in [0.25, 0.3) is 0 Å². The van der Waals surface area contributed by atoms with Gasteiger partial charge in [-0.25, -0.2) is 4.79 Å². The topological polar surface area (TPSA) is 167 Å². The lowest BCUT2D eigenvalue weighted by atomic mass is 9.97. The summed E-state index contributed by atoms with van der Waals surface area (Å²) in [5, 5.41) is 11.3. The number of nitrogens with zero attached hydrogens (tertiary/aromatic N) is 1. The van der Waals surface area contributed by atoms with Gasteiger partial charge in [0.1, 0.15) is 0 Å². The molecule has 0 aliphatic carbocycles. The van der Waals surface area contributed by atoms with E-state index in [9.17, 15) is 29.3 Å². The number of methoxy groups -OCH3 is 1. The van der Waals surface area contributed by atoms with Gasteiger partial charge in [0.05, 0.1) is 12.0 Å². The van der Waals surface area contributed by atoms with Gasteiger partial charge in [0.15, 0.2) is 24.1 Å². The summed E-state index contributed by atoms with van der Waals surface area (Å²) in [7, 11) is 1.04. The fourth-order valence-electron chi connectivity index (χ4n) is 3.01. The van der Waals surface area contributed by atoms with Crippen LogP contribution in [0.15, 0.2) is 24.3 Å². The number of hydrogen-bond donors (Lipinski definition) is 0. The zero-order chi connectivity index (χ0) is 24.0. The number of nitro groups is 1. The summed E-state index contributed by atoms with van der Waals surface area (Å²) >= 11 is 0. The van der Waals surface area contributed by atoms with Crippen LogP contribution in [0.5, 0.6) is 5.75 Å². The van der Waals surface area contributed by atoms with Crippen LogP contribution >= 0.6 is 0 Å². The zero-order valence-corrected chi connectivity index (χ0v) is 17.5. The molecule has 0 saturated carbocycles. The van der Waals surface area contributed by atoms with Crippen LogP contribution in [0.4, 0.5) is 5.69 Å². The average Bonchev–Trinajstić information content (AvgIpc) is 2.70. The minimum atomic E-state index is -1.68. The first-order valence-electron chi connectivity index (χ1n) is 9.20. The number of hydrogen-bond acceptors (Lipinski definition) is 12. The Labute approximate surface area is 181 Å². The van der Waals surface area contributed by atoms with Crippen molar-refractivity contribution < 1.29 is 52.5 Å². The first-order valence-corrected chi connectivity index (χ1v) is 9.20. The second kappa shape index (κ2) is 10.5. The normalized spacial score (nSPS) is 24.6. The van der Waals surface area contributed by atoms with Crippen molar-refractivity contribution in [2.24, 2.45) is 0 Å². The number of benzene rings is 1. The molecule has 0 radical (unpaired) electrons. The van der Waals surface area contributed by atoms with E-state index in [0.717, 1.165) is 33.9 Å². The molecule has 13 nitrogen and oxygen atoms in total. The van der Waals surface area contributed by atoms with Gasteiger partial charge in [0, 0.05) is 26.8 Å². The SMILES string of the molecule is COC(=O)[C@@H]1O[C@H](Oc2ccccc2[N+](=O)[O-])[C@@H](OC(C)=O)[C@H](OC(C)=O)[C@H]1OC(C)=O. The van der Waals surface area contributed by atoms with Gasteiger partial charge in [-0.3, -0.25) is 24.5 Å². The third-order valence-electron chi connectivity index (χ3n) is 4.14. The monoisotopic (exact) mass is 455 g/mol. The van der Waals surface area contributed by atoms with Crippen LogP contribution in [0, 0.1) is 10.1 Å². The van der Waals surface area contributed by atoms with Gasteiger partial charge in [-0.05, 0) is 6.07 Å². The summed E-state index contributed by atoms with van der Waals surface area (Å²) in [6.07, 6.45) is -8.06. The Bertz CT molecular complexity index is 900. The molecule has 1 aliphatic heterocycles. The second-order valence-corrected chi connectivity index (χ2v) is 6.51. The fourth-order valence-corrected chi connectivity index (χ4v) is 3.01. The van der Waals surface area contributed by atoms with Gasteiger partial charge in [-0.2, -0.15) is 0 Å². The zero-order valence-electron chi connectivity index (χ0n) is 17.5. The summed E-state index contributed by atoms with van der Waals surface area (Å²) in [6, 6.07) is 5.24. The summed E-state index contributed by atoms with van der Waals surface area (Å²) < 4.78 is 31.3. The molecule has 0 N–H and O–H groups in total. The minimum absolute atomic E-state index is 0.282. The Morgan fingerprint density at radius 2 is 1.44 bits per heavy atom. The largest absolute Gasteiger partial charge is 0.467 e. The van der Waals surface area contributed by atoms with E-state index in [0.29, 0.717) is 0 Å². The van der Waals surface area contributed by atoms with Crippen LogP contribution in [0.1, 0.15) is 20.8 Å². The molecule has 1 aliphatic rings. The first kappa shape index (κ1) is 24.5. The van der Waals surface area contributed by atoms with Crippen LogP contribution in [0.3, 0.4) is 0 Å². The lowest BCUT2D eigenvalue weighted by molar-refractivity contribution is -0.387. The minimum Gasteiger partial charge on any atom is -0.467 e. The molecule has 13 heteroatoms. The van der Waals surface area contributed by atoms with E-state index >= 15 is 0 Å². The average molecular weight is 455 g/mol. The van der Waals surface area contributed by atoms with Gasteiger partial charge >= 0.3 is 29.6 Å². The summed E-state index contributed by atoms with van der Waals surface area (Å²) in [5.74, 6) is -3.88. The first-order chi connectivity index (χ1) is 15.0. The number of para-hydroxylation sites is 2. The molecule has 2 rings (SSSR count). The number of ether oxygens (including phenoxy) is 6. The van der Waals surface area contributed by atoms with E-state index in [4.69, 9.17) is 23.7 Å². The van der Waals surface area contributed by atoms with Crippen molar-refractivity contribution in [3.05, 3.63) is 34.4 Å². The van der Waals surface area contributed by atoms with Crippen molar-refractivity contribution in [3.63, 3.8) is 0 Å². The van der Waals surface area contributed by atoms with E-state index in [1.54, 1.807) is 0 Å². The molecule has 0 bridgehead atoms. The smallest absolute Gasteiger partial charge is 0.339 e. The van der Waals surface area contributed by atoms with Crippen molar-refractivity contribution >= 4 is 29.6 Å². The van der Waals surface area contributed by atoms with Crippen molar-refractivity contribution in [3.8, 4) is 5.75 Å². The maximum atomic E-state index is 12.3. The van der Waals surface area contributed by atoms with Gasteiger partial charge in [-0.15, -0.1) is 0 Å². The third kappa shape index (κ3) is 5.91. The maximum absolute atomic E-state index is 12.3. The predicted molar refractivity (Wildman–Crippen MR) is 101 cm³/mol. The Kier molecular flexibility index (Phi) is 8.07. The summed E-state index contributed by atoms with van der Waals surface area (Å²) in [6.45, 7) is 3.12. The molecule has 174 valence electrons. The molecule has 32 heavy (non-hydrogen) atoms. The van der Waals surface area contributed by atoms with Gasteiger partial charge in [0.2, 0.25) is 12.4 Å². The maximum Gasteiger partial charge on any atom is 0.339 e. The Morgan fingerprint density at radius 3 is 1.97 bits per heavy atom. The number of nitro benzene ring substituents is 1. The molecular weight excluding hydrogens is 434 g/mol. The van der Waals surface area contributed by atoms with Crippen molar-refractivity contribution in [2.75, 3.05) is 7.11 Å². The van der Waals surface area contributed by atoms with E-state index < -0.39 is 65.2 Å². The quantitative estimate of drug-likeness (QED) is 0.244. The van der Waals surface area contributed by atoms with Crippen LogP contribution in [-0.4, -0.2) is 66.6 Å². The van der Waals surface area contributed by atoms with Gasteiger partial charge in [0.25, 0.3) is 0 Å². The number of rotatable bonds is 7. The van der Waals surface area contributed by atoms with E-state index in [-0.39, 0.29) is 5.75 Å². The van der Waals surface area contributed by atoms with Gasteiger partial charge in [-0.1, -0.05) is 12.1 Å². The Hall–Kier alpha value is -3.74. The predicted octanol–water partition coefficient (Wildman–Crippen LogP) is 0.667. The molecule has 0 spiro atoms. The van der Waals surface area contributed by atoms with E-state index in [1.165, 1.54) is 18.2 Å². The Morgan fingerprint density at radius 1 is 0.906 bits per heavy atom. The molecule has 0 aromatic heterocycles. The lowest BCUT2D eigenvalue weighted by Gasteiger charge is -2.42. The van der Waals surface area contributed by atoms with E-state index in [1.807, 2.05) is 0 Å². The Balaban J connectivity index is 2.56.